The van der Waals surface area contributed by atoms with E-state index in [1.807, 2.05) is 25.0 Å². The first kappa shape index (κ1) is 11.6. The third-order valence-corrected chi connectivity index (χ3v) is 3.32. The number of hydrogen-bond acceptors (Lipinski definition) is 3. The summed E-state index contributed by atoms with van der Waals surface area (Å²) in [7, 11) is 4.04. The van der Waals surface area contributed by atoms with E-state index in [1.54, 1.807) is 0 Å². The van der Waals surface area contributed by atoms with Crippen LogP contribution in [0, 0.1) is 0 Å². The monoisotopic (exact) mass is 223 g/mol. The molecule has 2 heterocycles. The van der Waals surface area contributed by atoms with Crippen LogP contribution in [0.2, 0.25) is 0 Å². The minimum absolute atomic E-state index is 0.633. The van der Waals surface area contributed by atoms with Crippen LogP contribution >= 0.6 is 0 Å². The molecule has 90 valence electrons. The van der Waals surface area contributed by atoms with E-state index in [-0.39, 0.29) is 0 Å². The molecule has 4 nitrogen and oxygen atoms in total. The van der Waals surface area contributed by atoms with Gasteiger partial charge in [-0.05, 0) is 38.4 Å². The predicted octanol–water partition coefficient (Wildman–Crippen LogP) is 1.08. The Morgan fingerprint density at radius 2 is 2.25 bits per heavy atom. The highest BCUT2D eigenvalue weighted by atomic mass is 16.5. The van der Waals surface area contributed by atoms with E-state index >= 15 is 0 Å². The molecule has 0 aromatic carbocycles. The summed E-state index contributed by atoms with van der Waals surface area (Å²) < 4.78 is 7.46. The van der Waals surface area contributed by atoms with Crippen molar-refractivity contribution in [3.05, 3.63) is 17.5 Å². The maximum atomic E-state index is 5.42. The van der Waals surface area contributed by atoms with Gasteiger partial charge in [-0.15, -0.1) is 0 Å². The molecule has 1 aromatic heterocycles. The predicted molar refractivity (Wildman–Crippen MR) is 63.6 cm³/mol. The van der Waals surface area contributed by atoms with E-state index in [4.69, 9.17) is 4.74 Å². The molecule has 0 radical (unpaired) electrons. The zero-order chi connectivity index (χ0) is 11.4. The van der Waals surface area contributed by atoms with Crippen molar-refractivity contribution >= 4 is 0 Å². The van der Waals surface area contributed by atoms with Gasteiger partial charge in [-0.3, -0.25) is 4.68 Å². The van der Waals surface area contributed by atoms with E-state index in [1.165, 1.54) is 11.3 Å². The van der Waals surface area contributed by atoms with Crippen molar-refractivity contribution in [1.82, 2.24) is 15.1 Å². The highest BCUT2D eigenvalue weighted by Crippen LogP contribution is 2.29. The van der Waals surface area contributed by atoms with Crippen LogP contribution in [0.5, 0.6) is 0 Å². The molecule has 1 fully saturated rings. The second-order valence-electron chi connectivity index (χ2n) is 4.42. The lowest BCUT2D eigenvalue weighted by Crippen LogP contribution is -2.19. The number of aryl methyl sites for hydroxylation is 1. The molecule has 1 aromatic rings. The van der Waals surface area contributed by atoms with E-state index in [2.05, 4.69) is 10.4 Å². The number of ether oxygens (including phenoxy) is 1. The van der Waals surface area contributed by atoms with Crippen LogP contribution in [0.15, 0.2) is 6.20 Å². The lowest BCUT2D eigenvalue weighted by molar-refractivity contribution is 0.0835. The topological polar surface area (TPSA) is 39.1 Å². The standard InChI is InChI=1S/C12H21N3O/c1-13-6-3-11-9-14-15(2)12(11)10-4-7-16-8-5-10/h9-10,13H,3-8H2,1-2H3. The van der Waals surface area contributed by atoms with Crippen LogP contribution in [-0.4, -0.2) is 36.6 Å². The Bertz CT molecular complexity index is 329. The van der Waals surface area contributed by atoms with Gasteiger partial charge in [-0.25, -0.2) is 0 Å². The summed E-state index contributed by atoms with van der Waals surface area (Å²) in [6, 6.07) is 0. The molecule has 1 aliphatic heterocycles. The van der Waals surface area contributed by atoms with Crippen LogP contribution in [0.25, 0.3) is 0 Å². The zero-order valence-corrected chi connectivity index (χ0v) is 10.2. The molecule has 1 N–H and O–H groups in total. The highest BCUT2D eigenvalue weighted by molar-refractivity contribution is 5.22. The van der Waals surface area contributed by atoms with Gasteiger partial charge in [0.1, 0.15) is 0 Å². The summed E-state index contributed by atoms with van der Waals surface area (Å²) in [5.74, 6) is 0.633. The second kappa shape index (κ2) is 5.46. The fraction of sp³-hybridized carbons (Fsp3) is 0.750. The maximum absolute atomic E-state index is 5.42. The lowest BCUT2D eigenvalue weighted by atomic mass is 9.93. The first-order chi connectivity index (χ1) is 7.83. The number of nitrogens with one attached hydrogen (secondary N) is 1. The summed E-state index contributed by atoms with van der Waals surface area (Å²) in [6.07, 6.45) is 5.34. The number of rotatable bonds is 4. The average Bonchev–Trinajstić information content (AvgIpc) is 2.69. The summed E-state index contributed by atoms with van der Waals surface area (Å²) in [4.78, 5) is 0. The molecular formula is C12H21N3O. The zero-order valence-electron chi connectivity index (χ0n) is 10.2. The molecule has 1 aliphatic rings. The van der Waals surface area contributed by atoms with Crippen molar-refractivity contribution in [2.24, 2.45) is 7.05 Å². The van der Waals surface area contributed by atoms with Crippen molar-refractivity contribution in [3.8, 4) is 0 Å². The molecule has 0 saturated carbocycles. The van der Waals surface area contributed by atoms with E-state index in [0.717, 1.165) is 39.0 Å². The maximum Gasteiger partial charge on any atom is 0.0525 e. The molecular weight excluding hydrogens is 202 g/mol. The van der Waals surface area contributed by atoms with Crippen LogP contribution in [-0.2, 0) is 18.2 Å². The second-order valence-corrected chi connectivity index (χ2v) is 4.42. The number of nitrogens with zero attached hydrogens (tertiary/aromatic N) is 2. The van der Waals surface area contributed by atoms with E-state index in [9.17, 15) is 0 Å². The first-order valence-electron chi connectivity index (χ1n) is 6.06. The molecule has 0 bridgehead atoms. The molecule has 16 heavy (non-hydrogen) atoms. The highest BCUT2D eigenvalue weighted by Gasteiger charge is 2.21. The van der Waals surface area contributed by atoms with Gasteiger partial charge in [0.25, 0.3) is 0 Å². The molecule has 4 heteroatoms. The van der Waals surface area contributed by atoms with Crippen molar-refractivity contribution in [2.45, 2.75) is 25.2 Å². The molecule has 0 spiro atoms. The Morgan fingerprint density at radius 1 is 1.50 bits per heavy atom. The van der Waals surface area contributed by atoms with Gasteiger partial charge in [0.2, 0.25) is 0 Å². The minimum Gasteiger partial charge on any atom is -0.381 e. The van der Waals surface area contributed by atoms with E-state index < -0.39 is 0 Å². The summed E-state index contributed by atoms with van der Waals surface area (Å²) >= 11 is 0. The van der Waals surface area contributed by atoms with Gasteiger partial charge in [0.05, 0.1) is 6.20 Å². The molecule has 0 amide bonds. The Kier molecular flexibility index (Phi) is 3.96. The van der Waals surface area contributed by atoms with Crippen LogP contribution in [0.1, 0.15) is 30.0 Å². The molecule has 0 unspecified atom stereocenters. The normalized spacial score (nSPS) is 17.9. The Hall–Kier alpha value is -0.870. The smallest absolute Gasteiger partial charge is 0.0525 e. The summed E-state index contributed by atoms with van der Waals surface area (Å²) in [5.41, 5.74) is 2.81. The molecule has 0 aliphatic carbocycles. The van der Waals surface area contributed by atoms with Crippen LogP contribution in [0.3, 0.4) is 0 Å². The molecule has 1 saturated heterocycles. The van der Waals surface area contributed by atoms with Gasteiger partial charge < -0.3 is 10.1 Å². The van der Waals surface area contributed by atoms with Crippen LogP contribution in [0.4, 0.5) is 0 Å². The number of aromatic nitrogens is 2. The minimum atomic E-state index is 0.633. The van der Waals surface area contributed by atoms with Crippen LogP contribution < -0.4 is 5.32 Å². The quantitative estimate of drug-likeness (QED) is 0.830. The third kappa shape index (κ3) is 2.44. The van der Waals surface area contributed by atoms with Gasteiger partial charge in [0.15, 0.2) is 0 Å². The summed E-state index contributed by atoms with van der Waals surface area (Å²) in [6.45, 7) is 2.80. The van der Waals surface area contributed by atoms with E-state index in [0.29, 0.717) is 5.92 Å². The average molecular weight is 223 g/mol. The third-order valence-electron chi connectivity index (χ3n) is 3.32. The lowest BCUT2D eigenvalue weighted by Gasteiger charge is -2.23. The van der Waals surface area contributed by atoms with Crippen molar-refractivity contribution in [2.75, 3.05) is 26.8 Å². The first-order valence-corrected chi connectivity index (χ1v) is 6.06. The summed E-state index contributed by atoms with van der Waals surface area (Å²) in [5, 5.41) is 7.59. The number of likely N-dealkylation sites (N-methyl/N-ethyl adjacent to an activating group) is 1. The van der Waals surface area contributed by atoms with Crippen molar-refractivity contribution in [3.63, 3.8) is 0 Å². The molecule has 0 atom stereocenters. The Labute approximate surface area is 97.0 Å². The fourth-order valence-corrected chi connectivity index (χ4v) is 2.44. The van der Waals surface area contributed by atoms with Gasteiger partial charge in [0, 0.05) is 31.9 Å². The SMILES string of the molecule is CNCCc1cnn(C)c1C1CCOCC1. The number of hydrogen-bond donors (Lipinski definition) is 1. The largest absolute Gasteiger partial charge is 0.381 e. The molecule has 2 rings (SSSR count). The van der Waals surface area contributed by atoms with Gasteiger partial charge in [-0.1, -0.05) is 0 Å². The van der Waals surface area contributed by atoms with Crippen molar-refractivity contribution < 1.29 is 4.74 Å². The van der Waals surface area contributed by atoms with Gasteiger partial charge in [-0.2, -0.15) is 5.10 Å². The fourth-order valence-electron chi connectivity index (χ4n) is 2.44. The Morgan fingerprint density at radius 3 is 2.94 bits per heavy atom. The van der Waals surface area contributed by atoms with Crippen molar-refractivity contribution in [1.29, 1.82) is 0 Å². The van der Waals surface area contributed by atoms with Gasteiger partial charge >= 0.3 is 0 Å². The Balaban J connectivity index is 2.13.